The van der Waals surface area contributed by atoms with Gasteiger partial charge in [-0.25, -0.2) is 4.98 Å². The second-order valence-corrected chi connectivity index (χ2v) is 6.41. The van der Waals surface area contributed by atoms with Crippen LogP contribution in [-0.4, -0.2) is 36.1 Å². The molecule has 1 aliphatic rings. The van der Waals surface area contributed by atoms with Crippen molar-refractivity contribution < 1.29 is 0 Å². The summed E-state index contributed by atoms with van der Waals surface area (Å²) in [5.41, 5.74) is 3.30. The Balaban J connectivity index is 1.82. The average Bonchev–Trinajstić information content (AvgIpc) is 2.49. The lowest BCUT2D eigenvalue weighted by Gasteiger charge is -2.31. The van der Waals surface area contributed by atoms with Crippen molar-refractivity contribution in [2.75, 3.05) is 20.1 Å². The van der Waals surface area contributed by atoms with Gasteiger partial charge in [0.05, 0.1) is 5.52 Å². The molecule has 112 valence electrons. The van der Waals surface area contributed by atoms with E-state index >= 15 is 0 Å². The molecule has 3 rings (SSSR count). The molecular weight excluding hydrogens is 282 g/mol. The number of rotatable bonds is 3. The van der Waals surface area contributed by atoms with Crippen molar-refractivity contribution in [3.8, 4) is 0 Å². The zero-order valence-corrected chi connectivity index (χ0v) is 13.5. The number of halogens is 1. The third-order valence-electron chi connectivity index (χ3n) is 4.31. The highest BCUT2D eigenvalue weighted by Crippen LogP contribution is 2.23. The molecule has 4 heteroatoms. The quantitative estimate of drug-likeness (QED) is 0.881. The molecule has 0 spiro atoms. The molecule has 21 heavy (non-hydrogen) atoms. The summed E-state index contributed by atoms with van der Waals surface area (Å²) in [4.78, 5) is 6.94. The molecular formula is C17H22ClN3. The van der Waals surface area contributed by atoms with Crippen molar-refractivity contribution >= 4 is 22.5 Å². The van der Waals surface area contributed by atoms with Gasteiger partial charge in [-0.3, -0.25) is 4.90 Å². The fourth-order valence-corrected chi connectivity index (χ4v) is 3.22. The molecule has 0 amide bonds. The Hall–Kier alpha value is -1.16. The summed E-state index contributed by atoms with van der Waals surface area (Å²) in [6, 6.07) is 9.09. The smallest absolute Gasteiger partial charge is 0.134 e. The molecule has 1 atom stereocenters. The summed E-state index contributed by atoms with van der Waals surface area (Å²) in [6.07, 6.45) is 2.50. The summed E-state index contributed by atoms with van der Waals surface area (Å²) in [7, 11) is 2.17. The molecule has 1 aliphatic heterocycles. The van der Waals surface area contributed by atoms with Crippen LogP contribution in [0.15, 0.2) is 24.3 Å². The van der Waals surface area contributed by atoms with E-state index < -0.39 is 0 Å². The number of fused-ring (bicyclic) bond motifs is 1. The number of piperidine rings is 1. The Morgan fingerprint density at radius 2 is 2.24 bits per heavy atom. The van der Waals surface area contributed by atoms with E-state index in [1.54, 1.807) is 0 Å². The highest BCUT2D eigenvalue weighted by molar-refractivity contribution is 6.30. The summed E-state index contributed by atoms with van der Waals surface area (Å²) >= 11 is 6.39. The topological polar surface area (TPSA) is 28.2 Å². The van der Waals surface area contributed by atoms with Gasteiger partial charge in [0.2, 0.25) is 0 Å². The maximum atomic E-state index is 6.39. The van der Waals surface area contributed by atoms with E-state index in [-0.39, 0.29) is 0 Å². The number of hydrogen-bond acceptors (Lipinski definition) is 3. The average molecular weight is 304 g/mol. The Kier molecular flexibility index (Phi) is 4.43. The fraction of sp³-hybridized carbons (Fsp3) is 0.471. The van der Waals surface area contributed by atoms with Gasteiger partial charge >= 0.3 is 0 Å². The minimum absolute atomic E-state index is 0.587. The van der Waals surface area contributed by atoms with Crippen LogP contribution < -0.4 is 5.32 Å². The molecule has 1 aromatic carbocycles. The number of benzene rings is 1. The van der Waals surface area contributed by atoms with Crippen LogP contribution in [-0.2, 0) is 6.54 Å². The SMILES string of the molecule is Cc1ccc2cc(CN(C)C3CCCNC3)c(Cl)nc2c1. The number of likely N-dealkylation sites (N-methyl/N-ethyl adjacent to an activating group) is 1. The molecule has 1 aromatic heterocycles. The molecule has 0 radical (unpaired) electrons. The van der Waals surface area contributed by atoms with Gasteiger partial charge in [0.1, 0.15) is 5.15 Å². The molecule has 0 aliphatic carbocycles. The zero-order valence-electron chi connectivity index (χ0n) is 12.7. The van der Waals surface area contributed by atoms with Crippen LogP contribution in [0.2, 0.25) is 5.15 Å². The number of aromatic nitrogens is 1. The van der Waals surface area contributed by atoms with Crippen molar-refractivity contribution in [2.24, 2.45) is 0 Å². The van der Waals surface area contributed by atoms with Gasteiger partial charge in [0.15, 0.2) is 0 Å². The molecule has 0 bridgehead atoms. The highest BCUT2D eigenvalue weighted by Gasteiger charge is 2.19. The maximum absolute atomic E-state index is 6.39. The Bertz CT molecular complexity index is 635. The Morgan fingerprint density at radius 3 is 3.00 bits per heavy atom. The largest absolute Gasteiger partial charge is 0.315 e. The van der Waals surface area contributed by atoms with Gasteiger partial charge in [0, 0.05) is 30.1 Å². The minimum atomic E-state index is 0.587. The third-order valence-corrected chi connectivity index (χ3v) is 4.64. The molecule has 1 N–H and O–H groups in total. The van der Waals surface area contributed by atoms with Crippen LogP contribution in [0.25, 0.3) is 10.9 Å². The number of nitrogens with zero attached hydrogens (tertiary/aromatic N) is 2. The maximum Gasteiger partial charge on any atom is 0.134 e. The van der Waals surface area contributed by atoms with Gasteiger partial charge in [-0.05, 0) is 51.1 Å². The van der Waals surface area contributed by atoms with E-state index in [4.69, 9.17) is 11.6 Å². The standard InChI is InChI=1S/C17H22ClN3/c1-12-5-6-13-9-14(17(18)20-16(13)8-12)11-21(2)15-4-3-7-19-10-15/h5-6,8-9,15,19H,3-4,7,10-11H2,1-2H3. The fourth-order valence-electron chi connectivity index (χ4n) is 3.02. The summed E-state index contributed by atoms with van der Waals surface area (Å²) in [5, 5.41) is 5.25. The van der Waals surface area contributed by atoms with Crippen LogP contribution in [0.5, 0.6) is 0 Å². The predicted molar refractivity (Wildman–Crippen MR) is 88.8 cm³/mol. The third kappa shape index (κ3) is 3.37. The first-order valence-corrected chi connectivity index (χ1v) is 7.98. The predicted octanol–water partition coefficient (Wildman–Crippen LogP) is 3.38. The van der Waals surface area contributed by atoms with Crippen molar-refractivity contribution in [2.45, 2.75) is 32.4 Å². The number of pyridine rings is 1. The van der Waals surface area contributed by atoms with Crippen molar-refractivity contribution in [1.82, 2.24) is 15.2 Å². The molecule has 3 nitrogen and oxygen atoms in total. The van der Waals surface area contributed by atoms with Gasteiger partial charge in [-0.2, -0.15) is 0 Å². The van der Waals surface area contributed by atoms with Crippen molar-refractivity contribution in [3.63, 3.8) is 0 Å². The van der Waals surface area contributed by atoms with E-state index in [9.17, 15) is 0 Å². The van der Waals surface area contributed by atoms with Crippen LogP contribution in [0.4, 0.5) is 0 Å². The molecule has 1 unspecified atom stereocenters. The van der Waals surface area contributed by atoms with Gasteiger partial charge in [-0.1, -0.05) is 23.7 Å². The molecule has 2 aromatic rings. The first-order chi connectivity index (χ1) is 10.1. The minimum Gasteiger partial charge on any atom is -0.315 e. The normalized spacial score (nSPS) is 19.3. The van der Waals surface area contributed by atoms with Gasteiger partial charge in [-0.15, -0.1) is 0 Å². The van der Waals surface area contributed by atoms with Gasteiger partial charge in [0.25, 0.3) is 0 Å². The Labute approximate surface area is 131 Å². The van der Waals surface area contributed by atoms with Crippen molar-refractivity contribution in [1.29, 1.82) is 0 Å². The van der Waals surface area contributed by atoms with E-state index in [0.717, 1.165) is 36.1 Å². The monoisotopic (exact) mass is 303 g/mol. The summed E-state index contributed by atoms with van der Waals surface area (Å²) in [5.74, 6) is 0. The second-order valence-electron chi connectivity index (χ2n) is 6.05. The van der Waals surface area contributed by atoms with E-state index in [0.29, 0.717) is 11.2 Å². The second kappa shape index (κ2) is 6.30. The van der Waals surface area contributed by atoms with Crippen molar-refractivity contribution in [3.05, 3.63) is 40.5 Å². The number of hydrogen-bond donors (Lipinski definition) is 1. The van der Waals surface area contributed by atoms with E-state index in [1.165, 1.54) is 18.4 Å². The van der Waals surface area contributed by atoms with Crippen LogP contribution in [0.3, 0.4) is 0 Å². The van der Waals surface area contributed by atoms with Crippen LogP contribution in [0.1, 0.15) is 24.0 Å². The Morgan fingerprint density at radius 1 is 1.38 bits per heavy atom. The first kappa shape index (κ1) is 14.8. The molecule has 2 heterocycles. The molecule has 0 saturated carbocycles. The van der Waals surface area contributed by atoms with Crippen LogP contribution in [0, 0.1) is 6.92 Å². The summed E-state index contributed by atoms with van der Waals surface area (Å²) in [6.45, 7) is 5.13. The van der Waals surface area contributed by atoms with Crippen LogP contribution >= 0.6 is 11.6 Å². The highest BCUT2D eigenvalue weighted by atomic mass is 35.5. The number of aryl methyl sites for hydroxylation is 1. The lowest BCUT2D eigenvalue weighted by atomic mass is 10.1. The lowest BCUT2D eigenvalue weighted by molar-refractivity contribution is 0.196. The summed E-state index contributed by atoms with van der Waals surface area (Å²) < 4.78 is 0. The number of nitrogens with one attached hydrogen (secondary N) is 1. The molecule has 1 fully saturated rings. The van der Waals surface area contributed by atoms with Gasteiger partial charge < -0.3 is 5.32 Å². The lowest BCUT2D eigenvalue weighted by Crippen LogP contribution is -2.43. The zero-order chi connectivity index (χ0) is 14.8. The van der Waals surface area contributed by atoms with E-state index in [2.05, 4.69) is 53.4 Å². The molecule has 1 saturated heterocycles. The van der Waals surface area contributed by atoms with E-state index in [1.807, 2.05) is 0 Å². The first-order valence-electron chi connectivity index (χ1n) is 7.60.